The van der Waals surface area contributed by atoms with Crippen LogP contribution in [0, 0.1) is 17.2 Å². The zero-order valence-corrected chi connectivity index (χ0v) is 18.4. The van der Waals surface area contributed by atoms with Gasteiger partial charge in [-0.25, -0.2) is 4.68 Å². The van der Waals surface area contributed by atoms with Crippen LogP contribution >= 0.6 is 0 Å². The van der Waals surface area contributed by atoms with Crippen LogP contribution in [0.15, 0.2) is 54.7 Å². The molecule has 2 heterocycles. The Labute approximate surface area is 192 Å². The fourth-order valence-corrected chi connectivity index (χ4v) is 4.93. The molecular formula is C25H26N6O2. The molecule has 2 aromatic carbocycles. The van der Waals surface area contributed by atoms with E-state index in [1.807, 2.05) is 54.7 Å². The van der Waals surface area contributed by atoms with Gasteiger partial charge in [0.15, 0.2) is 0 Å². The van der Waals surface area contributed by atoms with Crippen LogP contribution < -0.4 is 15.4 Å². The molecule has 1 saturated carbocycles. The number of ether oxygens (including phenoxy) is 1. The third-order valence-electron chi connectivity index (χ3n) is 6.63. The molecule has 2 N–H and O–H groups in total. The number of para-hydroxylation sites is 1. The molecule has 1 saturated heterocycles. The van der Waals surface area contributed by atoms with Gasteiger partial charge in [0.1, 0.15) is 17.5 Å². The molecule has 8 nitrogen and oxygen atoms in total. The summed E-state index contributed by atoms with van der Waals surface area (Å²) in [5, 5.41) is 24.4. The molecule has 1 aliphatic carbocycles. The van der Waals surface area contributed by atoms with Gasteiger partial charge in [0.2, 0.25) is 5.91 Å². The van der Waals surface area contributed by atoms with E-state index in [1.54, 1.807) is 11.8 Å². The molecule has 1 aliphatic heterocycles. The third-order valence-corrected chi connectivity index (χ3v) is 6.63. The predicted molar refractivity (Wildman–Crippen MR) is 123 cm³/mol. The second kappa shape index (κ2) is 9.04. The van der Waals surface area contributed by atoms with E-state index < -0.39 is 6.04 Å². The molecular weight excluding hydrogens is 416 g/mol. The lowest BCUT2D eigenvalue weighted by Gasteiger charge is -2.23. The maximum absolute atomic E-state index is 12.6. The van der Waals surface area contributed by atoms with Gasteiger partial charge in [0.25, 0.3) is 0 Å². The van der Waals surface area contributed by atoms with Gasteiger partial charge in [-0.1, -0.05) is 29.5 Å². The summed E-state index contributed by atoms with van der Waals surface area (Å²) in [4.78, 5) is 12.6. The van der Waals surface area contributed by atoms with Crippen LogP contribution in [0.3, 0.4) is 0 Å². The number of benzene rings is 2. The van der Waals surface area contributed by atoms with Crippen molar-refractivity contribution in [3.05, 3.63) is 60.3 Å². The van der Waals surface area contributed by atoms with E-state index in [9.17, 15) is 10.1 Å². The Morgan fingerprint density at radius 2 is 2.09 bits per heavy atom. The number of methoxy groups -OCH3 is 1. The van der Waals surface area contributed by atoms with E-state index in [2.05, 4.69) is 27.0 Å². The summed E-state index contributed by atoms with van der Waals surface area (Å²) in [7, 11) is 1.63. The molecule has 2 aliphatic rings. The number of carbonyl (C=O) groups excluding carboxylic acids is 1. The Morgan fingerprint density at radius 1 is 1.27 bits per heavy atom. The third kappa shape index (κ3) is 4.32. The van der Waals surface area contributed by atoms with Crippen molar-refractivity contribution >= 4 is 5.91 Å². The minimum atomic E-state index is -0.562. The summed E-state index contributed by atoms with van der Waals surface area (Å²) in [5.74, 6) is 1.08. The quantitative estimate of drug-likeness (QED) is 0.583. The Hall–Kier alpha value is -3.70. The topological polar surface area (TPSA) is 105 Å². The molecule has 2 fully saturated rings. The van der Waals surface area contributed by atoms with Crippen LogP contribution in [0.4, 0.5) is 0 Å². The molecule has 4 atom stereocenters. The lowest BCUT2D eigenvalue weighted by molar-refractivity contribution is -0.124. The summed E-state index contributed by atoms with van der Waals surface area (Å²) < 4.78 is 7.12. The van der Waals surface area contributed by atoms with Crippen molar-refractivity contribution in [3.8, 4) is 28.8 Å². The summed E-state index contributed by atoms with van der Waals surface area (Å²) in [6.07, 6.45) is 5.61. The first kappa shape index (κ1) is 21.2. The fraction of sp³-hybridized carbons (Fsp3) is 0.360. The van der Waals surface area contributed by atoms with Crippen LogP contribution in [0.1, 0.15) is 24.8 Å². The fourth-order valence-electron chi connectivity index (χ4n) is 4.93. The Balaban J connectivity index is 1.24. The molecule has 0 spiro atoms. The highest BCUT2D eigenvalue weighted by Gasteiger charge is 2.43. The van der Waals surface area contributed by atoms with E-state index in [4.69, 9.17) is 4.74 Å². The number of fused-ring (bicyclic) bond motifs is 2. The van der Waals surface area contributed by atoms with Crippen LogP contribution in [-0.4, -0.2) is 46.1 Å². The minimum Gasteiger partial charge on any atom is -0.496 e. The van der Waals surface area contributed by atoms with Gasteiger partial charge in [-0.3, -0.25) is 4.79 Å². The molecule has 5 rings (SSSR count). The van der Waals surface area contributed by atoms with Crippen LogP contribution in [-0.2, 0) is 11.2 Å². The second-order valence-corrected chi connectivity index (χ2v) is 8.72. The maximum Gasteiger partial charge on any atom is 0.238 e. The van der Waals surface area contributed by atoms with Crippen molar-refractivity contribution in [2.75, 3.05) is 7.11 Å². The molecule has 1 amide bonds. The number of aromatic nitrogens is 3. The number of hydrogen-bond donors (Lipinski definition) is 2. The van der Waals surface area contributed by atoms with E-state index >= 15 is 0 Å². The number of piperidine rings is 1. The van der Waals surface area contributed by atoms with Gasteiger partial charge in [0, 0.05) is 18.0 Å². The normalized spacial score (nSPS) is 22.0. The molecule has 168 valence electrons. The molecule has 2 bridgehead atoms. The smallest absolute Gasteiger partial charge is 0.238 e. The largest absolute Gasteiger partial charge is 0.496 e. The Morgan fingerprint density at radius 3 is 2.79 bits per heavy atom. The van der Waals surface area contributed by atoms with Gasteiger partial charge < -0.3 is 15.4 Å². The highest BCUT2D eigenvalue weighted by atomic mass is 16.5. The number of nitriles is 1. The van der Waals surface area contributed by atoms with Crippen LogP contribution in [0.2, 0.25) is 0 Å². The lowest BCUT2D eigenvalue weighted by Crippen LogP contribution is -2.50. The Bertz CT molecular complexity index is 1180. The number of nitrogens with zero attached hydrogens (tertiary/aromatic N) is 4. The maximum atomic E-state index is 12.6. The average Bonchev–Trinajstić information content (AvgIpc) is 3.61. The molecule has 0 radical (unpaired) electrons. The number of carbonyl (C=O) groups is 1. The summed E-state index contributed by atoms with van der Waals surface area (Å²) >= 11 is 0. The zero-order valence-electron chi connectivity index (χ0n) is 18.4. The molecule has 8 heteroatoms. The lowest BCUT2D eigenvalue weighted by atomic mass is 9.98. The van der Waals surface area contributed by atoms with Gasteiger partial charge in [0.05, 0.1) is 31.1 Å². The summed E-state index contributed by atoms with van der Waals surface area (Å²) in [6, 6.07) is 17.4. The zero-order chi connectivity index (χ0) is 22.8. The van der Waals surface area contributed by atoms with Crippen molar-refractivity contribution in [2.24, 2.45) is 5.92 Å². The molecule has 1 aromatic heterocycles. The van der Waals surface area contributed by atoms with Crippen molar-refractivity contribution in [1.82, 2.24) is 25.6 Å². The minimum absolute atomic E-state index is 0.0585. The molecule has 3 aromatic rings. The van der Waals surface area contributed by atoms with Gasteiger partial charge >= 0.3 is 0 Å². The van der Waals surface area contributed by atoms with Gasteiger partial charge in [-0.2, -0.15) is 5.26 Å². The predicted octanol–water partition coefficient (Wildman–Crippen LogP) is 2.63. The van der Waals surface area contributed by atoms with E-state index in [-0.39, 0.29) is 11.9 Å². The number of amides is 1. The number of rotatable bonds is 7. The van der Waals surface area contributed by atoms with Gasteiger partial charge in [-0.15, -0.1) is 5.10 Å². The molecule has 33 heavy (non-hydrogen) atoms. The van der Waals surface area contributed by atoms with Crippen LogP contribution in [0.25, 0.3) is 16.9 Å². The average molecular weight is 443 g/mol. The number of hydrogen-bond acceptors (Lipinski definition) is 6. The highest BCUT2D eigenvalue weighted by Crippen LogP contribution is 2.35. The first-order valence-corrected chi connectivity index (χ1v) is 11.3. The number of nitrogens with one attached hydrogen (secondary N) is 2. The second-order valence-electron chi connectivity index (χ2n) is 8.72. The van der Waals surface area contributed by atoms with E-state index in [0.29, 0.717) is 18.4 Å². The highest BCUT2D eigenvalue weighted by molar-refractivity contribution is 5.83. The monoisotopic (exact) mass is 442 g/mol. The van der Waals surface area contributed by atoms with Crippen molar-refractivity contribution in [3.63, 3.8) is 0 Å². The van der Waals surface area contributed by atoms with Crippen molar-refractivity contribution in [2.45, 2.75) is 43.8 Å². The van der Waals surface area contributed by atoms with E-state index in [0.717, 1.165) is 47.5 Å². The SMILES string of the molecule is COc1ccccc1-c1cn(-c2ccc(C[C@@H](C#N)NC(=O)[C@H]3N[C@@H]4CC[C@H]3C4)cc2)nn1. The summed E-state index contributed by atoms with van der Waals surface area (Å²) in [5.41, 5.74) is 3.42. The van der Waals surface area contributed by atoms with Crippen molar-refractivity contribution < 1.29 is 9.53 Å². The first-order chi connectivity index (χ1) is 16.1. The standard InChI is InChI=1S/C25H26N6O2/c1-33-23-5-3-2-4-21(23)22-15-31(30-29-22)20-10-6-16(7-11-20)12-19(14-26)28-25(32)24-17-8-9-18(13-17)27-24/h2-7,10-11,15,17-19,24,27H,8-9,12-13H2,1H3,(H,28,32)/t17-,18+,19-,24-/m0/s1. The Kier molecular flexibility index (Phi) is 5.80. The van der Waals surface area contributed by atoms with E-state index in [1.165, 1.54) is 0 Å². The summed E-state index contributed by atoms with van der Waals surface area (Å²) in [6.45, 7) is 0. The van der Waals surface area contributed by atoms with Gasteiger partial charge in [-0.05, 0) is 55.0 Å². The van der Waals surface area contributed by atoms with Crippen LogP contribution in [0.5, 0.6) is 5.75 Å². The van der Waals surface area contributed by atoms with Crippen molar-refractivity contribution in [1.29, 1.82) is 5.26 Å². The molecule has 0 unspecified atom stereocenters. The first-order valence-electron chi connectivity index (χ1n) is 11.3.